The molecule has 6 nitrogen and oxygen atoms in total. The van der Waals surface area contributed by atoms with Crippen molar-refractivity contribution in [2.45, 2.75) is 27.3 Å². The molecule has 0 unspecified atom stereocenters. The van der Waals surface area contributed by atoms with E-state index in [1.807, 2.05) is 12.1 Å². The lowest BCUT2D eigenvalue weighted by atomic mass is 10.00. The van der Waals surface area contributed by atoms with Crippen LogP contribution in [0.5, 0.6) is 0 Å². The Kier molecular flexibility index (Phi) is 4.37. The van der Waals surface area contributed by atoms with E-state index in [0.717, 1.165) is 11.3 Å². The average molecular weight is 321 g/mol. The van der Waals surface area contributed by atoms with Crippen LogP contribution in [0.3, 0.4) is 0 Å². The van der Waals surface area contributed by atoms with Crippen LogP contribution >= 0.6 is 0 Å². The standard InChI is InChI=1S/C18H19N5O/c1-12-7-13(2)17(14(3)8-12)10-19-18(24)15-5-4-6-16(9-15)23-11-20-21-22-23/h4-9,11H,10H2,1-3H3,(H,19,24). The van der Waals surface area contributed by atoms with Gasteiger partial charge >= 0.3 is 0 Å². The van der Waals surface area contributed by atoms with Gasteiger partial charge in [-0.3, -0.25) is 4.79 Å². The number of hydrogen-bond donors (Lipinski definition) is 1. The van der Waals surface area contributed by atoms with E-state index >= 15 is 0 Å². The number of amides is 1. The maximum atomic E-state index is 12.5. The predicted molar refractivity (Wildman–Crippen MR) is 91.0 cm³/mol. The lowest BCUT2D eigenvalue weighted by Crippen LogP contribution is -2.24. The zero-order chi connectivity index (χ0) is 17.1. The highest BCUT2D eigenvalue weighted by Gasteiger charge is 2.10. The second-order valence-corrected chi connectivity index (χ2v) is 5.86. The molecular formula is C18H19N5O. The molecule has 0 aliphatic heterocycles. The van der Waals surface area contributed by atoms with Crippen molar-refractivity contribution in [2.75, 3.05) is 0 Å². The second-order valence-electron chi connectivity index (χ2n) is 5.86. The number of aryl methyl sites for hydroxylation is 3. The maximum absolute atomic E-state index is 12.5. The summed E-state index contributed by atoms with van der Waals surface area (Å²) in [6, 6.07) is 11.5. The molecule has 0 aliphatic carbocycles. The average Bonchev–Trinajstić information content (AvgIpc) is 3.08. The molecule has 3 rings (SSSR count). The van der Waals surface area contributed by atoms with E-state index in [2.05, 4.69) is 53.7 Å². The van der Waals surface area contributed by atoms with Crippen LogP contribution in [0.4, 0.5) is 0 Å². The van der Waals surface area contributed by atoms with Gasteiger partial charge in [0.2, 0.25) is 0 Å². The van der Waals surface area contributed by atoms with Gasteiger partial charge in [0.15, 0.2) is 0 Å². The van der Waals surface area contributed by atoms with E-state index in [1.165, 1.54) is 27.7 Å². The molecule has 1 amide bonds. The van der Waals surface area contributed by atoms with Gasteiger partial charge in [-0.1, -0.05) is 23.8 Å². The van der Waals surface area contributed by atoms with Crippen LogP contribution in [-0.2, 0) is 6.54 Å². The fraction of sp³-hybridized carbons (Fsp3) is 0.222. The minimum atomic E-state index is -0.121. The highest BCUT2D eigenvalue weighted by atomic mass is 16.1. The van der Waals surface area contributed by atoms with Crippen LogP contribution in [-0.4, -0.2) is 26.1 Å². The third-order valence-electron chi connectivity index (χ3n) is 3.99. The number of nitrogens with one attached hydrogen (secondary N) is 1. The number of hydrogen-bond acceptors (Lipinski definition) is 4. The van der Waals surface area contributed by atoms with Gasteiger partial charge in [0.1, 0.15) is 6.33 Å². The minimum absolute atomic E-state index is 0.121. The fourth-order valence-electron chi connectivity index (χ4n) is 2.83. The zero-order valence-corrected chi connectivity index (χ0v) is 13.9. The molecule has 122 valence electrons. The Morgan fingerprint density at radius 1 is 1.12 bits per heavy atom. The van der Waals surface area contributed by atoms with E-state index in [-0.39, 0.29) is 5.91 Å². The lowest BCUT2D eigenvalue weighted by Gasteiger charge is -2.13. The van der Waals surface area contributed by atoms with Crippen LogP contribution in [0.2, 0.25) is 0 Å². The molecule has 0 bridgehead atoms. The third kappa shape index (κ3) is 3.32. The first-order chi connectivity index (χ1) is 11.5. The van der Waals surface area contributed by atoms with Crippen molar-refractivity contribution in [1.29, 1.82) is 0 Å². The Hall–Kier alpha value is -3.02. The van der Waals surface area contributed by atoms with Crippen LogP contribution in [0, 0.1) is 20.8 Å². The normalized spacial score (nSPS) is 10.6. The molecule has 2 aromatic carbocycles. The summed E-state index contributed by atoms with van der Waals surface area (Å²) in [6.07, 6.45) is 1.50. The summed E-state index contributed by atoms with van der Waals surface area (Å²) in [6.45, 7) is 6.72. The monoisotopic (exact) mass is 321 g/mol. The molecule has 0 radical (unpaired) electrons. The molecule has 0 saturated carbocycles. The maximum Gasteiger partial charge on any atom is 0.251 e. The molecule has 0 aliphatic rings. The predicted octanol–water partition coefficient (Wildman–Crippen LogP) is 2.52. The Bertz CT molecular complexity index is 848. The summed E-state index contributed by atoms with van der Waals surface area (Å²) < 4.78 is 1.52. The van der Waals surface area contributed by atoms with Gasteiger partial charge in [-0.05, 0) is 66.1 Å². The van der Waals surface area contributed by atoms with Crippen LogP contribution in [0.25, 0.3) is 5.69 Å². The van der Waals surface area contributed by atoms with Crippen molar-refractivity contribution >= 4 is 5.91 Å². The molecule has 1 heterocycles. The van der Waals surface area contributed by atoms with Gasteiger partial charge in [-0.25, -0.2) is 4.68 Å². The first-order valence-electron chi connectivity index (χ1n) is 7.73. The molecule has 0 spiro atoms. The van der Waals surface area contributed by atoms with E-state index in [9.17, 15) is 4.79 Å². The molecule has 6 heteroatoms. The van der Waals surface area contributed by atoms with Crippen molar-refractivity contribution in [1.82, 2.24) is 25.5 Å². The summed E-state index contributed by atoms with van der Waals surface area (Å²) in [7, 11) is 0. The summed E-state index contributed by atoms with van der Waals surface area (Å²) in [4.78, 5) is 12.5. The van der Waals surface area contributed by atoms with Gasteiger partial charge in [0.25, 0.3) is 5.91 Å². The number of rotatable bonds is 4. The Balaban J connectivity index is 1.75. The Morgan fingerprint density at radius 3 is 2.54 bits per heavy atom. The largest absolute Gasteiger partial charge is 0.348 e. The number of nitrogens with zero attached hydrogens (tertiary/aromatic N) is 4. The number of aromatic nitrogens is 4. The smallest absolute Gasteiger partial charge is 0.251 e. The molecule has 1 aromatic heterocycles. The topological polar surface area (TPSA) is 72.7 Å². The highest BCUT2D eigenvalue weighted by molar-refractivity contribution is 5.94. The number of carbonyl (C=O) groups is 1. The van der Waals surface area contributed by atoms with Gasteiger partial charge < -0.3 is 5.32 Å². The highest BCUT2D eigenvalue weighted by Crippen LogP contribution is 2.16. The molecular weight excluding hydrogens is 302 g/mol. The number of benzene rings is 2. The molecule has 3 aromatic rings. The van der Waals surface area contributed by atoms with Gasteiger partial charge in [-0.15, -0.1) is 5.10 Å². The van der Waals surface area contributed by atoms with E-state index in [0.29, 0.717) is 12.1 Å². The molecule has 0 saturated heterocycles. The van der Waals surface area contributed by atoms with E-state index < -0.39 is 0 Å². The first-order valence-corrected chi connectivity index (χ1v) is 7.73. The van der Waals surface area contributed by atoms with Crippen molar-refractivity contribution in [2.24, 2.45) is 0 Å². The lowest BCUT2D eigenvalue weighted by molar-refractivity contribution is 0.0951. The molecule has 0 atom stereocenters. The van der Waals surface area contributed by atoms with Crippen LogP contribution in [0.15, 0.2) is 42.7 Å². The summed E-state index contributed by atoms with van der Waals surface area (Å²) in [5, 5.41) is 14.0. The molecule has 1 N–H and O–H groups in total. The fourth-order valence-corrected chi connectivity index (χ4v) is 2.83. The van der Waals surface area contributed by atoms with Crippen molar-refractivity contribution in [3.8, 4) is 5.69 Å². The van der Waals surface area contributed by atoms with Crippen molar-refractivity contribution in [3.63, 3.8) is 0 Å². The second kappa shape index (κ2) is 6.62. The SMILES string of the molecule is Cc1cc(C)c(CNC(=O)c2cccc(-n3cnnn3)c2)c(C)c1. The Morgan fingerprint density at radius 2 is 1.88 bits per heavy atom. The Labute approximate surface area is 140 Å². The van der Waals surface area contributed by atoms with Crippen molar-refractivity contribution in [3.05, 3.63) is 70.5 Å². The third-order valence-corrected chi connectivity index (χ3v) is 3.99. The van der Waals surface area contributed by atoms with Crippen LogP contribution in [0.1, 0.15) is 32.6 Å². The quantitative estimate of drug-likeness (QED) is 0.801. The van der Waals surface area contributed by atoms with E-state index in [1.54, 1.807) is 12.1 Å². The number of carbonyl (C=O) groups excluding carboxylic acids is 1. The van der Waals surface area contributed by atoms with Crippen molar-refractivity contribution < 1.29 is 4.79 Å². The van der Waals surface area contributed by atoms with Crippen LogP contribution < -0.4 is 5.32 Å². The van der Waals surface area contributed by atoms with Gasteiger partial charge in [0, 0.05) is 12.1 Å². The summed E-state index contributed by atoms with van der Waals surface area (Å²) >= 11 is 0. The minimum Gasteiger partial charge on any atom is -0.348 e. The molecule has 0 fully saturated rings. The van der Waals surface area contributed by atoms with E-state index in [4.69, 9.17) is 0 Å². The molecule has 24 heavy (non-hydrogen) atoms. The number of tetrazole rings is 1. The zero-order valence-electron chi connectivity index (χ0n) is 13.9. The summed E-state index contributed by atoms with van der Waals surface area (Å²) in [5.41, 5.74) is 6.09. The first kappa shape index (κ1) is 15.9. The van der Waals surface area contributed by atoms with Gasteiger partial charge in [0.05, 0.1) is 5.69 Å². The summed E-state index contributed by atoms with van der Waals surface area (Å²) in [5.74, 6) is -0.121. The van der Waals surface area contributed by atoms with Gasteiger partial charge in [-0.2, -0.15) is 0 Å².